The summed E-state index contributed by atoms with van der Waals surface area (Å²) in [6, 6.07) is 0. The third kappa shape index (κ3) is 2.74. The molecule has 2 aliphatic heterocycles. The molecule has 1 amide bonds. The number of nitrogens with zero attached hydrogens (tertiary/aromatic N) is 4. The summed E-state index contributed by atoms with van der Waals surface area (Å²) in [7, 11) is 1.44. The minimum absolute atomic E-state index is 0.0623. The summed E-state index contributed by atoms with van der Waals surface area (Å²) < 4.78 is 18.7. The van der Waals surface area contributed by atoms with E-state index < -0.39 is 24.0 Å². The largest absolute Gasteiger partial charge is 0.479 e. The van der Waals surface area contributed by atoms with Crippen molar-refractivity contribution in [2.24, 2.45) is 0 Å². The smallest absolute Gasteiger partial charge is 0.246 e. The van der Waals surface area contributed by atoms with E-state index in [-0.39, 0.29) is 24.3 Å². The van der Waals surface area contributed by atoms with E-state index in [1.54, 1.807) is 4.57 Å². The van der Waals surface area contributed by atoms with Crippen molar-refractivity contribution in [3.05, 3.63) is 6.33 Å². The lowest BCUT2D eigenvalue weighted by molar-refractivity contribution is -0.119. The van der Waals surface area contributed by atoms with Gasteiger partial charge in [-0.1, -0.05) is 0 Å². The van der Waals surface area contributed by atoms with E-state index in [2.05, 4.69) is 20.3 Å². The van der Waals surface area contributed by atoms with E-state index >= 15 is 0 Å². The summed E-state index contributed by atoms with van der Waals surface area (Å²) in [5.41, 5.74) is -0.269. The fourth-order valence-electron chi connectivity index (χ4n) is 3.79. The number of amides is 1. The van der Waals surface area contributed by atoms with Crippen molar-refractivity contribution in [3.63, 3.8) is 0 Å². The molecular weight excluding hydrogens is 358 g/mol. The van der Waals surface area contributed by atoms with Crippen LogP contribution in [0.5, 0.6) is 5.88 Å². The van der Waals surface area contributed by atoms with E-state index in [4.69, 9.17) is 14.2 Å². The number of rotatable bonds is 4. The first-order valence-electron chi connectivity index (χ1n) is 8.64. The molecule has 4 heterocycles. The Morgan fingerprint density at radius 3 is 2.96 bits per heavy atom. The first-order valence-corrected chi connectivity index (χ1v) is 8.64. The molecule has 0 aromatic carbocycles. The number of aromatic nitrogens is 4. The molecule has 27 heavy (non-hydrogen) atoms. The molecule has 0 aliphatic carbocycles. The van der Waals surface area contributed by atoms with Crippen LogP contribution < -0.4 is 10.1 Å². The SMILES string of the molecule is COc1nc(NC(C)=O)nc2c1ncn2C1OC(CO)[C@@H](O)[C@@]12CCCO2. The van der Waals surface area contributed by atoms with Crippen molar-refractivity contribution in [2.45, 2.75) is 43.8 Å². The van der Waals surface area contributed by atoms with Gasteiger partial charge in [-0.05, 0) is 12.8 Å². The monoisotopic (exact) mass is 379 g/mol. The molecule has 3 N–H and O–H groups in total. The van der Waals surface area contributed by atoms with Crippen LogP contribution in [-0.4, -0.2) is 73.8 Å². The fraction of sp³-hybridized carbons (Fsp3) is 0.625. The Balaban J connectivity index is 1.84. The Morgan fingerprint density at radius 2 is 2.33 bits per heavy atom. The van der Waals surface area contributed by atoms with Crippen LogP contribution in [0, 0.1) is 0 Å². The zero-order valence-corrected chi connectivity index (χ0v) is 15.0. The number of aliphatic hydroxyl groups excluding tert-OH is 2. The van der Waals surface area contributed by atoms with Gasteiger partial charge in [0.1, 0.15) is 17.8 Å². The van der Waals surface area contributed by atoms with E-state index in [1.165, 1.54) is 20.4 Å². The molecule has 0 saturated carbocycles. The van der Waals surface area contributed by atoms with Crippen LogP contribution in [0.25, 0.3) is 11.2 Å². The second-order valence-electron chi connectivity index (χ2n) is 6.62. The number of carbonyl (C=O) groups is 1. The lowest BCUT2D eigenvalue weighted by Gasteiger charge is -2.31. The van der Waals surface area contributed by atoms with Gasteiger partial charge in [-0.15, -0.1) is 0 Å². The molecule has 11 heteroatoms. The minimum Gasteiger partial charge on any atom is -0.479 e. The molecule has 146 valence electrons. The van der Waals surface area contributed by atoms with Crippen LogP contribution >= 0.6 is 0 Å². The molecule has 2 aromatic heterocycles. The number of carbonyl (C=O) groups excluding carboxylic acids is 1. The van der Waals surface area contributed by atoms with Gasteiger partial charge in [-0.25, -0.2) is 4.98 Å². The number of methoxy groups -OCH3 is 1. The number of hydrogen-bond acceptors (Lipinski definition) is 9. The van der Waals surface area contributed by atoms with E-state index in [9.17, 15) is 15.0 Å². The molecule has 4 rings (SSSR count). The van der Waals surface area contributed by atoms with Gasteiger partial charge in [0.25, 0.3) is 0 Å². The third-order valence-corrected chi connectivity index (χ3v) is 4.96. The summed E-state index contributed by atoms with van der Waals surface area (Å²) in [5.74, 6) is -0.0701. The van der Waals surface area contributed by atoms with Crippen molar-refractivity contribution in [1.29, 1.82) is 0 Å². The second kappa shape index (κ2) is 6.68. The molecule has 4 atom stereocenters. The maximum absolute atomic E-state index is 11.4. The average Bonchev–Trinajstić information content (AvgIpc) is 3.34. The zero-order chi connectivity index (χ0) is 19.2. The van der Waals surface area contributed by atoms with Gasteiger partial charge in [-0.3, -0.25) is 14.7 Å². The van der Waals surface area contributed by atoms with E-state index in [0.717, 1.165) is 6.42 Å². The summed E-state index contributed by atoms with van der Waals surface area (Å²) >= 11 is 0. The predicted molar refractivity (Wildman–Crippen MR) is 91.1 cm³/mol. The summed E-state index contributed by atoms with van der Waals surface area (Å²) in [4.78, 5) is 24.2. The van der Waals surface area contributed by atoms with Crippen LogP contribution in [-0.2, 0) is 14.3 Å². The Bertz CT molecular complexity index is 864. The van der Waals surface area contributed by atoms with E-state index in [1.807, 2.05) is 0 Å². The first-order chi connectivity index (χ1) is 13.0. The van der Waals surface area contributed by atoms with Crippen LogP contribution in [0.3, 0.4) is 0 Å². The lowest BCUT2D eigenvalue weighted by atomic mass is 9.91. The summed E-state index contributed by atoms with van der Waals surface area (Å²) in [5, 5.41) is 22.8. The number of anilines is 1. The Kier molecular flexibility index (Phi) is 4.46. The number of fused-ring (bicyclic) bond motifs is 1. The molecule has 2 aromatic rings. The Hall–Kier alpha value is -2.34. The molecule has 11 nitrogen and oxygen atoms in total. The summed E-state index contributed by atoms with van der Waals surface area (Å²) in [6.07, 6.45) is 0.296. The average molecular weight is 379 g/mol. The maximum Gasteiger partial charge on any atom is 0.246 e. The van der Waals surface area contributed by atoms with Crippen molar-refractivity contribution < 1.29 is 29.2 Å². The molecule has 2 aliphatic rings. The predicted octanol–water partition coefficient (Wildman–Crippen LogP) is -0.407. The highest BCUT2D eigenvalue weighted by Crippen LogP contribution is 2.48. The minimum atomic E-state index is -1.01. The normalized spacial score (nSPS) is 30.3. The Morgan fingerprint density at radius 1 is 1.52 bits per heavy atom. The standard InChI is InChI=1S/C16H21N5O6/c1-8(23)18-15-19-12-10(13(20-15)25-2)17-7-21(12)14-16(4-3-5-26-16)11(24)9(6-22)27-14/h7,9,11,14,22,24H,3-6H2,1-2H3,(H,18,19,20,23)/t9?,11-,14?,16+/m1/s1. The molecule has 1 spiro atoms. The summed E-state index contributed by atoms with van der Waals surface area (Å²) in [6.45, 7) is 1.49. The van der Waals surface area contributed by atoms with Crippen LogP contribution in [0.4, 0.5) is 5.95 Å². The molecule has 2 fully saturated rings. The fourth-order valence-corrected chi connectivity index (χ4v) is 3.79. The number of nitrogens with one attached hydrogen (secondary N) is 1. The van der Waals surface area contributed by atoms with Gasteiger partial charge in [0.2, 0.25) is 17.7 Å². The van der Waals surface area contributed by atoms with Crippen molar-refractivity contribution in [1.82, 2.24) is 19.5 Å². The van der Waals surface area contributed by atoms with Gasteiger partial charge >= 0.3 is 0 Å². The molecule has 2 saturated heterocycles. The topological polar surface area (TPSA) is 141 Å². The molecule has 0 bridgehead atoms. The van der Waals surface area contributed by atoms with Crippen LogP contribution in [0.1, 0.15) is 26.0 Å². The Labute approximate surface area is 154 Å². The highest BCUT2D eigenvalue weighted by Gasteiger charge is 2.59. The van der Waals surface area contributed by atoms with Gasteiger partial charge in [-0.2, -0.15) is 9.97 Å². The number of imidazole rings is 1. The van der Waals surface area contributed by atoms with Crippen molar-refractivity contribution in [3.8, 4) is 5.88 Å². The maximum atomic E-state index is 11.4. The second-order valence-corrected chi connectivity index (χ2v) is 6.62. The lowest BCUT2D eigenvalue weighted by Crippen LogP contribution is -2.46. The number of ether oxygens (including phenoxy) is 3. The highest BCUT2D eigenvalue weighted by molar-refractivity contribution is 5.88. The van der Waals surface area contributed by atoms with E-state index in [0.29, 0.717) is 24.2 Å². The number of hydrogen-bond donors (Lipinski definition) is 3. The first kappa shape index (κ1) is 18.0. The zero-order valence-electron chi connectivity index (χ0n) is 15.0. The quantitative estimate of drug-likeness (QED) is 0.646. The van der Waals surface area contributed by atoms with Gasteiger partial charge in [0.15, 0.2) is 17.4 Å². The van der Waals surface area contributed by atoms with Gasteiger partial charge < -0.3 is 24.4 Å². The van der Waals surface area contributed by atoms with Crippen molar-refractivity contribution in [2.75, 3.05) is 25.6 Å². The molecule has 0 radical (unpaired) electrons. The van der Waals surface area contributed by atoms with Crippen LogP contribution in [0.2, 0.25) is 0 Å². The highest BCUT2D eigenvalue weighted by atomic mass is 16.6. The molecule has 2 unspecified atom stereocenters. The van der Waals surface area contributed by atoms with Crippen LogP contribution in [0.15, 0.2) is 6.33 Å². The van der Waals surface area contributed by atoms with Gasteiger partial charge in [0, 0.05) is 13.5 Å². The molecular formula is C16H21N5O6. The third-order valence-electron chi connectivity index (χ3n) is 4.96. The van der Waals surface area contributed by atoms with Crippen molar-refractivity contribution >= 4 is 23.0 Å². The van der Waals surface area contributed by atoms with Gasteiger partial charge in [0.05, 0.1) is 20.0 Å². The number of aliphatic hydroxyl groups is 2.